The van der Waals surface area contributed by atoms with Crippen LogP contribution in [0.5, 0.6) is 11.5 Å². The lowest BCUT2D eigenvalue weighted by Crippen LogP contribution is -2.36. The largest absolute Gasteiger partial charge is 0.485 e. The molecule has 0 fully saturated rings. The molecule has 8 heteroatoms. The molecule has 2 aromatic heterocycles. The third kappa shape index (κ3) is 3.11. The summed E-state index contributed by atoms with van der Waals surface area (Å²) >= 11 is 0. The van der Waals surface area contributed by atoms with Gasteiger partial charge >= 0.3 is 0 Å². The van der Waals surface area contributed by atoms with Gasteiger partial charge in [0.15, 0.2) is 17.6 Å². The summed E-state index contributed by atoms with van der Waals surface area (Å²) in [5.41, 5.74) is 3.14. The van der Waals surface area contributed by atoms with Crippen LogP contribution < -0.4 is 9.47 Å². The summed E-state index contributed by atoms with van der Waals surface area (Å²) in [6.07, 6.45) is 4.33. The number of benzene rings is 2. The molecule has 0 saturated heterocycles. The third-order valence-electron chi connectivity index (χ3n) is 5.18. The first kappa shape index (κ1) is 18.4. The molecule has 1 aliphatic heterocycles. The van der Waals surface area contributed by atoms with Gasteiger partial charge in [0.05, 0.1) is 12.8 Å². The number of aromatic amines is 1. The van der Waals surface area contributed by atoms with Crippen LogP contribution in [-0.4, -0.2) is 45.0 Å². The fraction of sp³-hybridized carbons (Fsp3) is 0.182. The van der Waals surface area contributed by atoms with Crippen molar-refractivity contribution in [2.45, 2.75) is 12.6 Å². The van der Waals surface area contributed by atoms with E-state index in [0.717, 1.165) is 22.0 Å². The van der Waals surface area contributed by atoms with Crippen LogP contribution in [0.1, 0.15) is 10.4 Å². The molecule has 1 unspecified atom stereocenters. The number of nitrogens with one attached hydrogen (secondary N) is 1. The highest BCUT2D eigenvalue weighted by atomic mass is 19.1. The number of nitrogens with zero attached hydrogens (tertiary/aromatic N) is 2. The minimum Gasteiger partial charge on any atom is -0.485 e. The van der Waals surface area contributed by atoms with Crippen LogP contribution in [0, 0.1) is 5.82 Å². The predicted octanol–water partition coefficient (Wildman–Crippen LogP) is 3.19. The van der Waals surface area contributed by atoms with Crippen molar-refractivity contribution in [1.29, 1.82) is 0 Å². The Kier molecular flexibility index (Phi) is 4.48. The van der Waals surface area contributed by atoms with E-state index >= 15 is 0 Å². The Labute approximate surface area is 170 Å². The highest BCUT2D eigenvalue weighted by molar-refractivity contribution is 6.11. The minimum absolute atomic E-state index is 0.0389. The average Bonchev–Trinajstić information content (AvgIpc) is 3.41. The van der Waals surface area contributed by atoms with E-state index < -0.39 is 11.9 Å². The van der Waals surface area contributed by atoms with Crippen LogP contribution in [0.3, 0.4) is 0 Å². The molecule has 2 aromatic carbocycles. The number of aliphatic hydroxyl groups excluding tert-OH is 1. The monoisotopic (exact) mass is 407 g/mol. The van der Waals surface area contributed by atoms with Crippen LogP contribution in [0.15, 0.2) is 55.0 Å². The van der Waals surface area contributed by atoms with E-state index in [1.807, 2.05) is 22.8 Å². The summed E-state index contributed by atoms with van der Waals surface area (Å²) in [6, 6.07) is 9.71. The number of ketones is 1. The number of rotatable bonds is 5. The molecule has 1 aliphatic rings. The fourth-order valence-corrected chi connectivity index (χ4v) is 3.72. The standard InChI is InChI=1S/C22H18FN3O4/c23-15-2-4-19-20(8-15)30-21(12-29-19)22(28)17-11-26(5-6-27)18-7-13(1-3-16(17)18)14-9-24-25-10-14/h1-4,7-11,21,27H,5-6,12H2,(H,24,25). The van der Waals surface area contributed by atoms with Gasteiger partial charge in [0.25, 0.3) is 0 Å². The lowest BCUT2D eigenvalue weighted by atomic mass is 10.0. The highest BCUT2D eigenvalue weighted by Crippen LogP contribution is 2.34. The first-order chi connectivity index (χ1) is 14.6. The maximum atomic E-state index is 13.5. The molecule has 2 N–H and O–H groups in total. The quantitative estimate of drug-likeness (QED) is 0.496. The number of fused-ring (bicyclic) bond motifs is 2. The van der Waals surface area contributed by atoms with Crippen molar-refractivity contribution in [2.75, 3.05) is 13.2 Å². The number of carbonyl (C=O) groups excluding carboxylic acids is 1. The van der Waals surface area contributed by atoms with Gasteiger partial charge < -0.3 is 19.1 Å². The molecule has 0 saturated carbocycles. The fourth-order valence-electron chi connectivity index (χ4n) is 3.72. The molecule has 0 aliphatic carbocycles. The minimum atomic E-state index is -0.888. The number of hydrogen-bond donors (Lipinski definition) is 2. The SMILES string of the molecule is O=C(c1cn(CCO)c2cc(-c3cn[nH]c3)ccc12)C1COc2ccc(F)cc2O1. The molecule has 152 valence electrons. The van der Waals surface area contributed by atoms with E-state index in [1.54, 1.807) is 18.6 Å². The van der Waals surface area contributed by atoms with E-state index in [9.17, 15) is 14.3 Å². The number of Topliss-reactive ketones (excluding diaryl/α,β-unsaturated/α-hetero) is 1. The van der Waals surface area contributed by atoms with Crippen LogP contribution in [0.4, 0.5) is 4.39 Å². The molecule has 1 atom stereocenters. The van der Waals surface area contributed by atoms with Crippen molar-refractivity contribution in [2.24, 2.45) is 0 Å². The second kappa shape index (κ2) is 7.31. The second-order valence-corrected chi connectivity index (χ2v) is 7.05. The molecule has 0 radical (unpaired) electrons. The number of carbonyl (C=O) groups is 1. The molecule has 0 amide bonds. The summed E-state index contributed by atoms with van der Waals surface area (Å²) in [6.45, 7) is 0.314. The van der Waals surface area contributed by atoms with Crippen LogP contribution in [0.2, 0.25) is 0 Å². The third-order valence-corrected chi connectivity index (χ3v) is 5.18. The zero-order valence-electron chi connectivity index (χ0n) is 15.8. The molecule has 0 bridgehead atoms. The smallest absolute Gasteiger partial charge is 0.209 e. The number of H-pyrrole nitrogens is 1. The summed E-state index contributed by atoms with van der Waals surface area (Å²) in [4.78, 5) is 13.3. The van der Waals surface area contributed by atoms with Crippen molar-refractivity contribution in [3.63, 3.8) is 0 Å². The molecule has 7 nitrogen and oxygen atoms in total. The van der Waals surface area contributed by atoms with Gasteiger partial charge in [0.1, 0.15) is 12.4 Å². The van der Waals surface area contributed by atoms with E-state index in [2.05, 4.69) is 10.2 Å². The number of aromatic nitrogens is 3. The van der Waals surface area contributed by atoms with Crippen molar-refractivity contribution in [3.05, 3.63) is 66.4 Å². The van der Waals surface area contributed by atoms with E-state index in [4.69, 9.17) is 9.47 Å². The number of halogens is 1. The van der Waals surface area contributed by atoms with E-state index in [1.165, 1.54) is 18.2 Å². The highest BCUT2D eigenvalue weighted by Gasteiger charge is 2.30. The summed E-state index contributed by atoms with van der Waals surface area (Å²) in [5, 5.41) is 17.0. The molecular weight excluding hydrogens is 389 g/mol. The van der Waals surface area contributed by atoms with Gasteiger partial charge in [-0.05, 0) is 23.8 Å². The first-order valence-electron chi connectivity index (χ1n) is 9.50. The topological polar surface area (TPSA) is 89.4 Å². The van der Waals surface area contributed by atoms with Crippen LogP contribution in [0.25, 0.3) is 22.0 Å². The molecule has 0 spiro atoms. The zero-order valence-corrected chi connectivity index (χ0v) is 15.8. The predicted molar refractivity (Wildman–Crippen MR) is 107 cm³/mol. The lowest BCUT2D eigenvalue weighted by Gasteiger charge is -2.25. The molecular formula is C22H18FN3O4. The second-order valence-electron chi connectivity index (χ2n) is 7.05. The normalized spacial score (nSPS) is 15.5. The Morgan fingerprint density at radius 2 is 2.13 bits per heavy atom. The van der Waals surface area contributed by atoms with Gasteiger partial charge in [-0.15, -0.1) is 0 Å². The van der Waals surface area contributed by atoms with Gasteiger partial charge in [0, 0.05) is 47.0 Å². The van der Waals surface area contributed by atoms with Gasteiger partial charge in [-0.1, -0.05) is 12.1 Å². The molecule has 30 heavy (non-hydrogen) atoms. The first-order valence-corrected chi connectivity index (χ1v) is 9.50. The zero-order chi connectivity index (χ0) is 20.7. The Hall–Kier alpha value is -3.65. The van der Waals surface area contributed by atoms with Crippen molar-refractivity contribution in [3.8, 4) is 22.6 Å². The van der Waals surface area contributed by atoms with Gasteiger partial charge in [-0.25, -0.2) is 4.39 Å². The maximum absolute atomic E-state index is 13.5. The number of aliphatic hydroxyl groups is 1. The maximum Gasteiger partial charge on any atom is 0.209 e. The van der Waals surface area contributed by atoms with Gasteiger partial charge in [-0.2, -0.15) is 5.10 Å². The average molecular weight is 407 g/mol. The Morgan fingerprint density at radius 3 is 2.93 bits per heavy atom. The molecule has 5 rings (SSSR count). The summed E-state index contributed by atoms with van der Waals surface area (Å²) in [5.74, 6) is -0.103. The summed E-state index contributed by atoms with van der Waals surface area (Å²) < 4.78 is 26.7. The molecule has 3 heterocycles. The van der Waals surface area contributed by atoms with E-state index in [-0.39, 0.29) is 24.7 Å². The Balaban J connectivity index is 1.53. The van der Waals surface area contributed by atoms with Crippen LogP contribution >= 0.6 is 0 Å². The van der Waals surface area contributed by atoms with Crippen molar-refractivity contribution in [1.82, 2.24) is 14.8 Å². The van der Waals surface area contributed by atoms with Gasteiger partial charge in [0.2, 0.25) is 5.78 Å². The van der Waals surface area contributed by atoms with Gasteiger partial charge in [-0.3, -0.25) is 9.89 Å². The lowest BCUT2D eigenvalue weighted by molar-refractivity contribution is 0.0585. The van der Waals surface area contributed by atoms with E-state index in [0.29, 0.717) is 17.9 Å². The number of ether oxygens (including phenoxy) is 2. The Bertz CT molecular complexity index is 1230. The molecule has 4 aromatic rings. The number of hydrogen-bond acceptors (Lipinski definition) is 5. The Morgan fingerprint density at radius 1 is 1.23 bits per heavy atom. The van der Waals surface area contributed by atoms with Crippen LogP contribution in [-0.2, 0) is 6.54 Å². The van der Waals surface area contributed by atoms with Crippen molar-refractivity contribution < 1.29 is 23.8 Å². The summed E-state index contributed by atoms with van der Waals surface area (Å²) in [7, 11) is 0. The van der Waals surface area contributed by atoms with Crippen molar-refractivity contribution >= 4 is 16.7 Å².